The molecule has 1 saturated heterocycles. The van der Waals surface area contributed by atoms with E-state index < -0.39 is 9.84 Å². The SMILES string of the molecule is CCNC(=NCC(C)c1cccs1)NCCN1CCS(=O)(=O)CC1.I. The van der Waals surface area contributed by atoms with Gasteiger partial charge in [0.15, 0.2) is 15.8 Å². The topological polar surface area (TPSA) is 73.8 Å². The van der Waals surface area contributed by atoms with E-state index in [-0.39, 0.29) is 35.5 Å². The number of guanidine groups is 1. The quantitative estimate of drug-likeness (QED) is 0.339. The molecule has 0 aromatic carbocycles. The first-order valence-electron chi connectivity index (χ1n) is 8.48. The minimum Gasteiger partial charge on any atom is -0.357 e. The van der Waals surface area contributed by atoms with Crippen molar-refractivity contribution < 1.29 is 8.42 Å². The molecular formula is C16H29IN4O2S2. The Kier molecular flexibility index (Phi) is 10.3. The van der Waals surface area contributed by atoms with Crippen LogP contribution in [-0.2, 0) is 9.84 Å². The van der Waals surface area contributed by atoms with Gasteiger partial charge in [0.25, 0.3) is 0 Å². The highest BCUT2D eigenvalue weighted by Gasteiger charge is 2.20. The third kappa shape index (κ3) is 8.23. The van der Waals surface area contributed by atoms with Crippen LogP contribution in [0.1, 0.15) is 24.6 Å². The van der Waals surface area contributed by atoms with E-state index in [4.69, 9.17) is 0 Å². The Bertz CT molecular complexity index is 606. The Morgan fingerprint density at radius 1 is 1.36 bits per heavy atom. The van der Waals surface area contributed by atoms with E-state index in [1.54, 1.807) is 11.3 Å². The molecule has 0 aliphatic carbocycles. The summed E-state index contributed by atoms with van der Waals surface area (Å²) in [5.41, 5.74) is 0. The van der Waals surface area contributed by atoms with Gasteiger partial charge in [-0.15, -0.1) is 35.3 Å². The average Bonchev–Trinajstić information content (AvgIpc) is 3.08. The van der Waals surface area contributed by atoms with Crippen molar-refractivity contribution in [2.45, 2.75) is 19.8 Å². The van der Waals surface area contributed by atoms with Crippen molar-refractivity contribution in [1.82, 2.24) is 15.5 Å². The summed E-state index contributed by atoms with van der Waals surface area (Å²) in [6.07, 6.45) is 0. The number of nitrogens with zero attached hydrogens (tertiary/aromatic N) is 2. The molecule has 25 heavy (non-hydrogen) atoms. The second-order valence-electron chi connectivity index (χ2n) is 6.06. The van der Waals surface area contributed by atoms with Crippen molar-refractivity contribution >= 4 is 51.1 Å². The third-order valence-electron chi connectivity index (χ3n) is 4.05. The Hall–Kier alpha value is -0.390. The van der Waals surface area contributed by atoms with Gasteiger partial charge in [0, 0.05) is 43.5 Å². The van der Waals surface area contributed by atoms with Gasteiger partial charge >= 0.3 is 0 Å². The van der Waals surface area contributed by atoms with Gasteiger partial charge in [-0.25, -0.2) is 8.42 Å². The van der Waals surface area contributed by atoms with Crippen molar-refractivity contribution in [2.75, 3.05) is 50.8 Å². The zero-order valence-electron chi connectivity index (χ0n) is 14.9. The van der Waals surface area contributed by atoms with Gasteiger partial charge in [-0.3, -0.25) is 9.89 Å². The van der Waals surface area contributed by atoms with Crippen LogP contribution in [0.4, 0.5) is 0 Å². The molecule has 1 aromatic rings. The van der Waals surface area contributed by atoms with Crippen LogP contribution in [0.25, 0.3) is 0 Å². The number of aliphatic imine (C=N–C) groups is 1. The summed E-state index contributed by atoms with van der Waals surface area (Å²) in [4.78, 5) is 8.20. The minimum atomic E-state index is -2.80. The highest BCUT2D eigenvalue weighted by molar-refractivity contribution is 14.0. The first kappa shape index (κ1) is 22.7. The molecule has 2 N–H and O–H groups in total. The fraction of sp³-hybridized carbons (Fsp3) is 0.688. The van der Waals surface area contributed by atoms with Gasteiger partial charge in [0.05, 0.1) is 18.1 Å². The van der Waals surface area contributed by atoms with Crippen molar-refractivity contribution in [3.63, 3.8) is 0 Å². The minimum absolute atomic E-state index is 0. The molecule has 1 fully saturated rings. The van der Waals surface area contributed by atoms with Gasteiger partial charge in [-0.1, -0.05) is 13.0 Å². The molecule has 9 heteroatoms. The fourth-order valence-corrected chi connectivity index (χ4v) is 4.59. The zero-order chi connectivity index (χ0) is 17.4. The van der Waals surface area contributed by atoms with Crippen LogP contribution in [-0.4, -0.2) is 70.1 Å². The Balaban J connectivity index is 0.00000312. The van der Waals surface area contributed by atoms with Crippen LogP contribution in [0.2, 0.25) is 0 Å². The van der Waals surface area contributed by atoms with Crippen LogP contribution in [0.5, 0.6) is 0 Å². The molecule has 2 rings (SSSR count). The lowest BCUT2D eigenvalue weighted by Crippen LogP contribution is -2.46. The number of hydrogen-bond donors (Lipinski definition) is 2. The Morgan fingerprint density at radius 3 is 2.68 bits per heavy atom. The molecule has 1 aliphatic heterocycles. The molecule has 0 bridgehead atoms. The molecule has 2 heterocycles. The molecule has 0 radical (unpaired) electrons. The van der Waals surface area contributed by atoms with E-state index in [1.807, 2.05) is 0 Å². The Labute approximate surface area is 172 Å². The fourth-order valence-electron chi connectivity index (χ4n) is 2.54. The monoisotopic (exact) mass is 500 g/mol. The predicted molar refractivity (Wildman–Crippen MR) is 117 cm³/mol. The van der Waals surface area contributed by atoms with Crippen LogP contribution >= 0.6 is 35.3 Å². The average molecular weight is 500 g/mol. The molecule has 0 amide bonds. The van der Waals surface area contributed by atoms with Crippen LogP contribution < -0.4 is 10.6 Å². The molecule has 144 valence electrons. The zero-order valence-corrected chi connectivity index (χ0v) is 18.9. The first-order chi connectivity index (χ1) is 11.5. The molecular weight excluding hydrogens is 471 g/mol. The lowest BCUT2D eigenvalue weighted by molar-refractivity contribution is 0.299. The number of hydrogen-bond acceptors (Lipinski definition) is 5. The standard InChI is InChI=1S/C16H28N4O2S2.HI/c1-3-17-16(19-13-14(2)15-5-4-10-23-15)18-6-7-20-8-11-24(21,22)12-9-20;/h4-5,10,14H,3,6-9,11-13H2,1-2H3,(H2,17,18,19);1H. The lowest BCUT2D eigenvalue weighted by atomic mass is 10.1. The maximum Gasteiger partial charge on any atom is 0.191 e. The number of halogens is 1. The summed E-state index contributed by atoms with van der Waals surface area (Å²) in [5.74, 6) is 1.79. The summed E-state index contributed by atoms with van der Waals surface area (Å²) in [7, 11) is -2.80. The molecule has 0 saturated carbocycles. The second-order valence-corrected chi connectivity index (χ2v) is 9.34. The summed E-state index contributed by atoms with van der Waals surface area (Å²) < 4.78 is 22.9. The van der Waals surface area contributed by atoms with Crippen molar-refractivity contribution in [3.05, 3.63) is 22.4 Å². The van der Waals surface area contributed by atoms with Crippen molar-refractivity contribution in [2.24, 2.45) is 4.99 Å². The molecule has 1 aliphatic rings. The van der Waals surface area contributed by atoms with E-state index in [9.17, 15) is 8.42 Å². The lowest BCUT2D eigenvalue weighted by Gasteiger charge is -2.26. The molecule has 1 unspecified atom stereocenters. The first-order valence-corrected chi connectivity index (χ1v) is 11.2. The number of nitrogens with one attached hydrogen (secondary N) is 2. The van der Waals surface area contributed by atoms with Crippen LogP contribution in [0.3, 0.4) is 0 Å². The predicted octanol–water partition coefficient (Wildman–Crippen LogP) is 1.76. The van der Waals surface area contributed by atoms with Gasteiger partial charge in [0.2, 0.25) is 0 Å². The Morgan fingerprint density at radius 2 is 2.08 bits per heavy atom. The number of rotatable bonds is 7. The highest BCUT2D eigenvalue weighted by Crippen LogP contribution is 2.20. The van der Waals surface area contributed by atoms with E-state index in [1.165, 1.54) is 4.88 Å². The molecule has 6 nitrogen and oxygen atoms in total. The normalized spacial score (nSPS) is 19.0. The van der Waals surface area contributed by atoms with Gasteiger partial charge in [-0.2, -0.15) is 0 Å². The maximum absolute atomic E-state index is 11.4. The van der Waals surface area contributed by atoms with E-state index in [0.29, 0.717) is 19.0 Å². The van der Waals surface area contributed by atoms with Crippen LogP contribution in [0.15, 0.2) is 22.5 Å². The number of sulfone groups is 1. The summed E-state index contributed by atoms with van der Waals surface area (Å²) in [6, 6.07) is 4.22. The summed E-state index contributed by atoms with van der Waals surface area (Å²) >= 11 is 1.77. The molecule has 0 spiro atoms. The second kappa shape index (κ2) is 11.3. The van der Waals surface area contributed by atoms with Crippen LogP contribution in [0, 0.1) is 0 Å². The van der Waals surface area contributed by atoms with E-state index >= 15 is 0 Å². The largest absolute Gasteiger partial charge is 0.357 e. The van der Waals surface area contributed by atoms with E-state index in [2.05, 4.69) is 51.9 Å². The molecule has 1 aromatic heterocycles. The van der Waals surface area contributed by atoms with Gasteiger partial charge < -0.3 is 10.6 Å². The van der Waals surface area contributed by atoms with Gasteiger partial charge in [0.1, 0.15) is 0 Å². The summed E-state index contributed by atoms with van der Waals surface area (Å²) in [6.45, 7) is 8.67. The third-order valence-corrected chi connectivity index (χ3v) is 6.77. The molecule has 1 atom stereocenters. The summed E-state index contributed by atoms with van der Waals surface area (Å²) in [5, 5.41) is 8.70. The van der Waals surface area contributed by atoms with Crippen molar-refractivity contribution in [3.8, 4) is 0 Å². The maximum atomic E-state index is 11.4. The van der Waals surface area contributed by atoms with Gasteiger partial charge in [-0.05, 0) is 18.4 Å². The van der Waals surface area contributed by atoms with Crippen molar-refractivity contribution in [1.29, 1.82) is 0 Å². The smallest absolute Gasteiger partial charge is 0.191 e. The highest BCUT2D eigenvalue weighted by atomic mass is 127. The van der Waals surface area contributed by atoms with E-state index in [0.717, 1.165) is 32.1 Å². The number of thiophene rings is 1.